The summed E-state index contributed by atoms with van der Waals surface area (Å²) in [4.78, 5) is 41.1. The molecule has 0 bridgehead atoms. The topological polar surface area (TPSA) is 107 Å². The standard InChI is InChI=1S/C29H27FN4O5S2/c30-25-12-5-4-7-21(25)20-26-28(36)34(29(37)40-26)14-13-31-27(35)22-8-6-11-24(19-22)41(38,39)33-17-15-32(16-18-33)23-9-2-1-3-10-23/h1-12,19-20H,13-18H2,(H,31,35)/b26-20+. The van der Waals surface area contributed by atoms with Crippen molar-refractivity contribution in [2.75, 3.05) is 44.2 Å². The molecule has 0 radical (unpaired) electrons. The van der Waals surface area contributed by atoms with Crippen LogP contribution < -0.4 is 10.2 Å². The molecule has 12 heteroatoms. The van der Waals surface area contributed by atoms with Gasteiger partial charge in [0.2, 0.25) is 10.0 Å². The quantitative estimate of drug-likeness (QED) is 0.396. The second kappa shape index (κ2) is 12.2. The molecule has 0 saturated carbocycles. The molecule has 0 aliphatic carbocycles. The Labute approximate surface area is 241 Å². The van der Waals surface area contributed by atoms with E-state index in [1.165, 1.54) is 52.8 Å². The third kappa shape index (κ3) is 6.34. The minimum atomic E-state index is -3.81. The monoisotopic (exact) mass is 594 g/mol. The first-order chi connectivity index (χ1) is 19.7. The molecule has 5 rings (SSSR count). The van der Waals surface area contributed by atoms with Gasteiger partial charge in [-0.25, -0.2) is 12.8 Å². The molecule has 9 nitrogen and oxygen atoms in total. The first-order valence-corrected chi connectivity index (χ1v) is 15.2. The largest absolute Gasteiger partial charge is 0.369 e. The second-order valence-corrected chi connectivity index (χ2v) is 12.3. The van der Waals surface area contributed by atoms with Gasteiger partial charge in [-0.2, -0.15) is 4.31 Å². The molecular formula is C29H27FN4O5S2. The number of sulfonamides is 1. The molecule has 1 N–H and O–H groups in total. The molecule has 3 aromatic carbocycles. The van der Waals surface area contributed by atoms with Gasteiger partial charge in [-0.3, -0.25) is 19.3 Å². The molecular weight excluding hydrogens is 567 g/mol. The Balaban J connectivity index is 1.17. The van der Waals surface area contributed by atoms with Gasteiger partial charge in [0.15, 0.2) is 0 Å². The highest BCUT2D eigenvalue weighted by Gasteiger charge is 2.35. The van der Waals surface area contributed by atoms with Gasteiger partial charge in [-0.05, 0) is 54.2 Å². The average molecular weight is 595 g/mol. The van der Waals surface area contributed by atoms with Crippen LogP contribution in [0.3, 0.4) is 0 Å². The van der Waals surface area contributed by atoms with E-state index < -0.39 is 32.9 Å². The van der Waals surface area contributed by atoms with Crippen LogP contribution in [0.5, 0.6) is 0 Å². The van der Waals surface area contributed by atoms with Crippen molar-refractivity contribution >= 4 is 50.6 Å². The maximum atomic E-state index is 14.0. The number of nitrogens with one attached hydrogen (secondary N) is 1. The van der Waals surface area contributed by atoms with Gasteiger partial charge in [0.1, 0.15) is 5.82 Å². The normalized spacial score (nSPS) is 17.3. The van der Waals surface area contributed by atoms with E-state index in [9.17, 15) is 27.2 Å². The van der Waals surface area contributed by atoms with Crippen LogP contribution in [0.1, 0.15) is 15.9 Å². The first kappa shape index (κ1) is 28.5. The molecule has 212 valence electrons. The maximum Gasteiger partial charge on any atom is 0.293 e. The minimum absolute atomic E-state index is 0.0162. The summed E-state index contributed by atoms with van der Waals surface area (Å²) < 4.78 is 42.0. The van der Waals surface area contributed by atoms with E-state index in [1.54, 1.807) is 6.07 Å². The average Bonchev–Trinajstić information content (AvgIpc) is 3.26. The fourth-order valence-electron chi connectivity index (χ4n) is 4.58. The Bertz CT molecular complexity index is 1610. The van der Waals surface area contributed by atoms with Gasteiger partial charge >= 0.3 is 0 Å². The highest BCUT2D eigenvalue weighted by atomic mass is 32.2. The van der Waals surface area contributed by atoms with Crippen molar-refractivity contribution in [1.82, 2.24) is 14.5 Å². The van der Waals surface area contributed by atoms with Crippen molar-refractivity contribution in [3.05, 3.63) is 101 Å². The zero-order chi connectivity index (χ0) is 29.0. The van der Waals surface area contributed by atoms with Gasteiger partial charge in [0, 0.05) is 56.1 Å². The number of benzene rings is 3. The van der Waals surface area contributed by atoms with Crippen molar-refractivity contribution in [1.29, 1.82) is 0 Å². The van der Waals surface area contributed by atoms with Crippen molar-refractivity contribution in [3.8, 4) is 0 Å². The Morgan fingerprint density at radius 3 is 2.37 bits per heavy atom. The van der Waals surface area contributed by atoms with Crippen molar-refractivity contribution in [2.45, 2.75) is 4.90 Å². The molecule has 3 amide bonds. The van der Waals surface area contributed by atoms with Crippen molar-refractivity contribution in [2.24, 2.45) is 0 Å². The number of halogens is 1. The fourth-order valence-corrected chi connectivity index (χ4v) is 6.91. The first-order valence-electron chi connectivity index (χ1n) is 12.9. The number of para-hydroxylation sites is 1. The third-order valence-electron chi connectivity index (χ3n) is 6.78. The van der Waals surface area contributed by atoms with Gasteiger partial charge in [0.05, 0.1) is 9.80 Å². The van der Waals surface area contributed by atoms with Crippen molar-refractivity contribution < 1.29 is 27.2 Å². The van der Waals surface area contributed by atoms with Crippen LogP contribution in [0.2, 0.25) is 0 Å². The van der Waals surface area contributed by atoms with Crippen LogP contribution in [-0.2, 0) is 14.8 Å². The molecule has 2 aliphatic rings. The summed E-state index contributed by atoms with van der Waals surface area (Å²) in [6.07, 6.45) is 1.33. The lowest BCUT2D eigenvalue weighted by Gasteiger charge is -2.35. The molecule has 41 heavy (non-hydrogen) atoms. The molecule has 2 fully saturated rings. The molecule has 2 aliphatic heterocycles. The van der Waals surface area contributed by atoms with E-state index in [4.69, 9.17) is 0 Å². The molecule has 0 atom stereocenters. The number of carbonyl (C=O) groups excluding carboxylic acids is 3. The van der Waals surface area contributed by atoms with E-state index >= 15 is 0 Å². The number of nitrogens with zero attached hydrogens (tertiary/aromatic N) is 3. The zero-order valence-corrected chi connectivity index (χ0v) is 23.5. The maximum absolute atomic E-state index is 14.0. The number of carbonyl (C=O) groups is 3. The molecule has 0 aromatic heterocycles. The minimum Gasteiger partial charge on any atom is -0.369 e. The van der Waals surface area contributed by atoms with Gasteiger partial charge < -0.3 is 10.2 Å². The summed E-state index contributed by atoms with van der Waals surface area (Å²) in [5, 5.41) is 2.11. The summed E-state index contributed by atoms with van der Waals surface area (Å²) >= 11 is 0.702. The van der Waals surface area contributed by atoms with E-state index in [0.717, 1.165) is 10.6 Å². The number of piperazine rings is 1. The van der Waals surface area contributed by atoms with Crippen LogP contribution >= 0.6 is 11.8 Å². The summed E-state index contributed by atoms with van der Waals surface area (Å²) in [6, 6.07) is 21.5. The van der Waals surface area contributed by atoms with Crippen LogP contribution in [-0.4, -0.2) is 73.9 Å². The second-order valence-electron chi connectivity index (χ2n) is 9.37. The lowest BCUT2D eigenvalue weighted by molar-refractivity contribution is -0.122. The molecule has 2 heterocycles. The van der Waals surface area contributed by atoms with Crippen LogP contribution in [0.15, 0.2) is 88.7 Å². The number of imide groups is 1. The van der Waals surface area contributed by atoms with Crippen LogP contribution in [0.25, 0.3) is 6.08 Å². The Hall–Kier alpha value is -4.00. The zero-order valence-electron chi connectivity index (χ0n) is 21.9. The van der Waals surface area contributed by atoms with E-state index in [-0.39, 0.29) is 34.0 Å². The van der Waals surface area contributed by atoms with E-state index in [2.05, 4.69) is 10.2 Å². The SMILES string of the molecule is O=C(NCCN1C(=O)S/C(=C/c2ccccc2F)C1=O)c1cccc(S(=O)(=O)N2CCN(c3ccccc3)CC2)c1. The molecule has 3 aromatic rings. The molecule has 2 saturated heterocycles. The summed E-state index contributed by atoms with van der Waals surface area (Å²) in [6.45, 7) is 1.60. The number of hydrogen-bond donors (Lipinski definition) is 1. The third-order valence-corrected chi connectivity index (χ3v) is 9.58. The predicted octanol–water partition coefficient (Wildman–Crippen LogP) is 3.80. The Kier molecular flexibility index (Phi) is 8.52. The lowest BCUT2D eigenvalue weighted by Crippen LogP contribution is -2.48. The number of rotatable bonds is 8. The molecule has 0 unspecified atom stereocenters. The Morgan fingerprint density at radius 2 is 1.63 bits per heavy atom. The van der Waals surface area contributed by atoms with Crippen LogP contribution in [0.4, 0.5) is 14.9 Å². The summed E-state index contributed by atoms with van der Waals surface area (Å²) in [5.74, 6) is -1.62. The van der Waals surface area contributed by atoms with E-state index in [0.29, 0.717) is 37.9 Å². The number of anilines is 1. The lowest BCUT2D eigenvalue weighted by atomic mass is 10.2. The highest BCUT2D eigenvalue weighted by Crippen LogP contribution is 2.32. The number of hydrogen-bond acceptors (Lipinski definition) is 7. The Morgan fingerprint density at radius 1 is 0.927 bits per heavy atom. The number of amides is 3. The van der Waals surface area contributed by atoms with Crippen LogP contribution in [0, 0.1) is 5.82 Å². The van der Waals surface area contributed by atoms with Gasteiger partial charge in [0.25, 0.3) is 17.1 Å². The predicted molar refractivity (Wildman–Crippen MR) is 155 cm³/mol. The number of thioether (sulfide) groups is 1. The summed E-state index contributed by atoms with van der Waals surface area (Å²) in [5.41, 5.74) is 1.37. The smallest absolute Gasteiger partial charge is 0.293 e. The van der Waals surface area contributed by atoms with Gasteiger partial charge in [-0.15, -0.1) is 0 Å². The summed E-state index contributed by atoms with van der Waals surface area (Å²) in [7, 11) is -3.81. The molecule has 0 spiro atoms. The fraction of sp³-hybridized carbons (Fsp3) is 0.207. The highest BCUT2D eigenvalue weighted by molar-refractivity contribution is 8.18. The van der Waals surface area contributed by atoms with Gasteiger partial charge in [-0.1, -0.05) is 42.5 Å². The van der Waals surface area contributed by atoms with Crippen molar-refractivity contribution in [3.63, 3.8) is 0 Å². The van der Waals surface area contributed by atoms with E-state index in [1.807, 2.05) is 30.3 Å².